The summed E-state index contributed by atoms with van der Waals surface area (Å²) in [5.41, 5.74) is 2.57. The predicted octanol–water partition coefficient (Wildman–Crippen LogP) is -0.654. The minimum Gasteiger partial charge on any atom is -0.274 e. The summed E-state index contributed by atoms with van der Waals surface area (Å²) in [5.74, 6) is 13.6. The van der Waals surface area contributed by atoms with Crippen LogP contribution in [0.2, 0.25) is 0 Å². The second kappa shape index (κ2) is 15.7. The molecule has 0 aromatic carbocycles. The monoisotopic (exact) mass is 156 g/mol. The van der Waals surface area contributed by atoms with Gasteiger partial charge in [-0.1, -0.05) is 13.8 Å². The average molecular weight is 157 g/mol. The molecule has 4 nitrogen and oxygen atoms in total. The van der Waals surface area contributed by atoms with Gasteiger partial charge in [-0.25, -0.2) is 0 Å². The molecule has 0 unspecified atom stereocenters. The average Bonchev–Trinajstić information content (AvgIpc) is 1.72. The molecular weight excluding hydrogens is 140 g/mol. The molecule has 0 aromatic heterocycles. The summed E-state index contributed by atoms with van der Waals surface area (Å²) in [6.45, 7) is 5.12. The SMILES string of the molecule is CC(C)CNN.Cl.NN. The van der Waals surface area contributed by atoms with Gasteiger partial charge in [0.1, 0.15) is 0 Å². The van der Waals surface area contributed by atoms with Crippen molar-refractivity contribution >= 4 is 12.4 Å². The molecule has 0 aliphatic carbocycles. The fourth-order valence-electron chi connectivity index (χ4n) is 0.236. The third-order valence-electron chi connectivity index (χ3n) is 0.526. The van der Waals surface area contributed by atoms with E-state index in [1.165, 1.54) is 0 Å². The Morgan fingerprint density at radius 2 is 1.67 bits per heavy atom. The highest BCUT2D eigenvalue weighted by Gasteiger charge is 1.84. The molecule has 0 bridgehead atoms. The van der Waals surface area contributed by atoms with Gasteiger partial charge in [-0.05, 0) is 5.92 Å². The number of nitrogens with one attached hydrogen (secondary N) is 1. The van der Waals surface area contributed by atoms with Gasteiger partial charge < -0.3 is 0 Å². The lowest BCUT2D eigenvalue weighted by atomic mass is 10.2. The van der Waals surface area contributed by atoms with Crippen molar-refractivity contribution in [1.82, 2.24) is 5.43 Å². The van der Waals surface area contributed by atoms with Crippen LogP contribution in [0.1, 0.15) is 13.8 Å². The minimum absolute atomic E-state index is 0. The number of halogens is 1. The largest absolute Gasteiger partial charge is 0.274 e. The topological polar surface area (TPSA) is 90.1 Å². The zero-order valence-electron chi connectivity index (χ0n) is 5.92. The third kappa shape index (κ3) is 31.2. The maximum Gasteiger partial charge on any atom is 0.0120 e. The van der Waals surface area contributed by atoms with E-state index >= 15 is 0 Å². The van der Waals surface area contributed by atoms with Gasteiger partial charge in [-0.3, -0.25) is 23.0 Å². The Morgan fingerprint density at radius 3 is 1.67 bits per heavy atom. The van der Waals surface area contributed by atoms with E-state index in [4.69, 9.17) is 5.84 Å². The van der Waals surface area contributed by atoms with Crippen molar-refractivity contribution in [2.24, 2.45) is 23.4 Å². The van der Waals surface area contributed by atoms with Crippen LogP contribution in [0.5, 0.6) is 0 Å². The molecule has 0 saturated heterocycles. The van der Waals surface area contributed by atoms with Crippen molar-refractivity contribution in [2.45, 2.75) is 13.8 Å². The normalized spacial score (nSPS) is 7.33. The summed E-state index contributed by atoms with van der Waals surface area (Å²) < 4.78 is 0. The Kier molecular flexibility index (Phi) is 28.0. The molecule has 0 heterocycles. The van der Waals surface area contributed by atoms with Crippen LogP contribution in [0.3, 0.4) is 0 Å². The fourth-order valence-corrected chi connectivity index (χ4v) is 0.236. The lowest BCUT2D eigenvalue weighted by Crippen LogP contribution is -2.26. The van der Waals surface area contributed by atoms with Gasteiger partial charge in [0, 0.05) is 6.54 Å². The van der Waals surface area contributed by atoms with Crippen LogP contribution in [-0.4, -0.2) is 6.54 Å². The number of hydrogen-bond acceptors (Lipinski definition) is 4. The van der Waals surface area contributed by atoms with Gasteiger partial charge in [0.25, 0.3) is 0 Å². The van der Waals surface area contributed by atoms with Crippen molar-refractivity contribution in [1.29, 1.82) is 0 Å². The zero-order chi connectivity index (χ0) is 6.99. The number of nitrogens with two attached hydrogens (primary N) is 3. The van der Waals surface area contributed by atoms with Gasteiger partial charge in [-0.2, -0.15) is 0 Å². The molecule has 0 aromatic rings. The Bertz CT molecular complexity index is 33.7. The van der Waals surface area contributed by atoms with Crippen LogP contribution in [0.4, 0.5) is 0 Å². The van der Waals surface area contributed by atoms with E-state index in [0.29, 0.717) is 5.92 Å². The van der Waals surface area contributed by atoms with Crippen LogP contribution in [0.15, 0.2) is 0 Å². The Labute approximate surface area is 62.5 Å². The van der Waals surface area contributed by atoms with Crippen LogP contribution >= 0.6 is 12.4 Å². The first-order valence-electron chi connectivity index (χ1n) is 2.54. The van der Waals surface area contributed by atoms with Crippen molar-refractivity contribution in [3.05, 3.63) is 0 Å². The van der Waals surface area contributed by atoms with E-state index in [9.17, 15) is 0 Å². The fraction of sp³-hybridized carbons (Fsp3) is 1.00. The Balaban J connectivity index is -0.000000109. The summed E-state index contributed by atoms with van der Waals surface area (Å²) in [7, 11) is 0. The molecule has 0 aliphatic heterocycles. The van der Waals surface area contributed by atoms with Crippen molar-refractivity contribution < 1.29 is 0 Å². The summed E-state index contributed by atoms with van der Waals surface area (Å²) in [4.78, 5) is 0. The molecule has 7 N–H and O–H groups in total. The third-order valence-corrected chi connectivity index (χ3v) is 0.526. The van der Waals surface area contributed by atoms with Crippen LogP contribution < -0.4 is 23.0 Å². The van der Waals surface area contributed by atoms with Crippen molar-refractivity contribution in [3.8, 4) is 0 Å². The predicted molar refractivity (Wildman–Crippen MR) is 42.7 cm³/mol. The highest BCUT2D eigenvalue weighted by molar-refractivity contribution is 5.85. The molecule has 0 atom stereocenters. The highest BCUT2D eigenvalue weighted by atomic mass is 35.5. The molecule has 0 fully saturated rings. The number of hydrazine groups is 2. The zero-order valence-corrected chi connectivity index (χ0v) is 6.74. The first-order valence-corrected chi connectivity index (χ1v) is 2.54. The Hall–Kier alpha value is 0.130. The maximum atomic E-state index is 4.98. The molecule has 0 saturated carbocycles. The number of rotatable bonds is 2. The number of hydrogen-bond donors (Lipinski definition) is 4. The van der Waals surface area contributed by atoms with E-state index in [0.717, 1.165) is 6.54 Å². The lowest BCUT2D eigenvalue weighted by Gasteiger charge is -1.98. The minimum atomic E-state index is 0. The maximum absolute atomic E-state index is 4.98. The molecule has 0 amide bonds. The molecule has 0 aliphatic rings. The van der Waals surface area contributed by atoms with E-state index in [1.54, 1.807) is 0 Å². The van der Waals surface area contributed by atoms with E-state index in [2.05, 4.69) is 31.0 Å². The van der Waals surface area contributed by atoms with Crippen LogP contribution in [0.25, 0.3) is 0 Å². The van der Waals surface area contributed by atoms with Crippen molar-refractivity contribution in [3.63, 3.8) is 0 Å². The first kappa shape index (κ1) is 16.1. The summed E-state index contributed by atoms with van der Waals surface area (Å²) in [6, 6.07) is 0. The molecule has 5 heteroatoms. The first-order chi connectivity index (χ1) is 3.77. The second-order valence-corrected chi connectivity index (χ2v) is 1.80. The Morgan fingerprint density at radius 1 is 1.33 bits per heavy atom. The molecule has 0 radical (unpaired) electrons. The summed E-state index contributed by atoms with van der Waals surface area (Å²) in [5, 5.41) is 0. The molecule has 0 spiro atoms. The van der Waals surface area contributed by atoms with Gasteiger partial charge in [0.05, 0.1) is 0 Å². The smallest absolute Gasteiger partial charge is 0.0120 e. The van der Waals surface area contributed by atoms with Crippen LogP contribution in [0, 0.1) is 5.92 Å². The standard InChI is InChI=1S/C4H12N2.ClH.H4N2/c1-4(2)3-6-5;;1-2/h4,6H,3,5H2,1-2H3;1H;1-2H2. The highest BCUT2D eigenvalue weighted by Crippen LogP contribution is 1.83. The lowest BCUT2D eigenvalue weighted by molar-refractivity contribution is 0.568. The molecular formula is C4H17ClN4. The van der Waals surface area contributed by atoms with Gasteiger partial charge in [0.15, 0.2) is 0 Å². The van der Waals surface area contributed by atoms with Gasteiger partial charge in [-0.15, -0.1) is 12.4 Å². The summed E-state index contributed by atoms with van der Waals surface area (Å²) >= 11 is 0. The quantitative estimate of drug-likeness (QED) is 0.316. The molecule has 0 rings (SSSR count). The molecule has 9 heavy (non-hydrogen) atoms. The molecule has 60 valence electrons. The summed E-state index contributed by atoms with van der Waals surface area (Å²) in [6.07, 6.45) is 0. The van der Waals surface area contributed by atoms with Gasteiger partial charge >= 0.3 is 0 Å². The van der Waals surface area contributed by atoms with E-state index in [1.807, 2.05) is 0 Å². The van der Waals surface area contributed by atoms with Gasteiger partial charge in [0.2, 0.25) is 0 Å². The van der Waals surface area contributed by atoms with E-state index in [-0.39, 0.29) is 12.4 Å². The van der Waals surface area contributed by atoms with Crippen molar-refractivity contribution in [2.75, 3.05) is 6.54 Å². The van der Waals surface area contributed by atoms with Crippen LogP contribution in [-0.2, 0) is 0 Å². The van der Waals surface area contributed by atoms with E-state index < -0.39 is 0 Å². The second-order valence-electron chi connectivity index (χ2n) is 1.80.